The van der Waals surface area contributed by atoms with E-state index >= 15 is 0 Å². The fourth-order valence-electron chi connectivity index (χ4n) is 2.96. The molecule has 0 bridgehead atoms. The highest BCUT2D eigenvalue weighted by atomic mass is 32.1. The summed E-state index contributed by atoms with van der Waals surface area (Å²) in [5.74, 6) is 0.881. The van der Waals surface area contributed by atoms with Crippen LogP contribution in [0.2, 0.25) is 0 Å². The first-order valence-corrected chi connectivity index (χ1v) is 8.61. The lowest BCUT2D eigenvalue weighted by Crippen LogP contribution is -1.93. The van der Waals surface area contributed by atoms with Crippen molar-refractivity contribution in [2.45, 2.75) is 6.92 Å². The van der Waals surface area contributed by atoms with E-state index in [0.29, 0.717) is 5.82 Å². The number of fused-ring (bicyclic) bond motifs is 2. The van der Waals surface area contributed by atoms with E-state index in [9.17, 15) is 5.11 Å². The molecule has 25 heavy (non-hydrogen) atoms. The lowest BCUT2D eigenvalue weighted by atomic mass is 10.1. The minimum atomic E-state index is 0.203. The van der Waals surface area contributed by atoms with Gasteiger partial charge in [-0.3, -0.25) is 0 Å². The molecule has 0 radical (unpaired) electrons. The van der Waals surface area contributed by atoms with Crippen LogP contribution in [0.1, 0.15) is 5.01 Å². The zero-order chi connectivity index (χ0) is 17.0. The van der Waals surface area contributed by atoms with Crippen molar-refractivity contribution < 1.29 is 5.11 Å². The van der Waals surface area contributed by atoms with Crippen LogP contribution >= 0.6 is 11.3 Å². The molecule has 3 aromatic heterocycles. The van der Waals surface area contributed by atoms with Gasteiger partial charge in [-0.2, -0.15) is 9.61 Å². The molecular weight excluding hydrogens is 334 g/mol. The predicted molar refractivity (Wildman–Crippen MR) is 97.8 cm³/mol. The van der Waals surface area contributed by atoms with Gasteiger partial charge >= 0.3 is 0 Å². The molecule has 6 nitrogen and oxygen atoms in total. The van der Waals surface area contributed by atoms with Crippen molar-refractivity contribution in [3.8, 4) is 28.5 Å². The Morgan fingerprint density at radius 3 is 2.76 bits per heavy atom. The van der Waals surface area contributed by atoms with Gasteiger partial charge in [-0.25, -0.2) is 9.97 Å². The third-order valence-corrected chi connectivity index (χ3v) is 4.87. The molecule has 5 aromatic rings. The lowest BCUT2D eigenvalue weighted by molar-refractivity contribution is 0.476. The van der Waals surface area contributed by atoms with Crippen LogP contribution in [0, 0.1) is 6.92 Å². The monoisotopic (exact) mass is 347 g/mol. The number of benzene rings is 2. The molecule has 0 aliphatic carbocycles. The first-order valence-electron chi connectivity index (χ1n) is 7.80. The van der Waals surface area contributed by atoms with Gasteiger partial charge in [-0.05, 0) is 19.1 Å². The Balaban J connectivity index is 1.83. The number of nitrogens with one attached hydrogen (secondary N) is 1. The first-order chi connectivity index (χ1) is 12.2. The average molecular weight is 347 g/mol. The number of nitrogens with zero attached hydrogens (tertiary/aromatic N) is 4. The highest BCUT2D eigenvalue weighted by Crippen LogP contribution is 2.34. The maximum absolute atomic E-state index is 9.70. The Morgan fingerprint density at radius 1 is 1.08 bits per heavy atom. The molecule has 5 rings (SSSR count). The number of aromatic nitrogens is 5. The summed E-state index contributed by atoms with van der Waals surface area (Å²) in [6.45, 7) is 1.96. The highest BCUT2D eigenvalue weighted by Gasteiger charge is 2.21. The maximum atomic E-state index is 9.70. The van der Waals surface area contributed by atoms with E-state index in [-0.39, 0.29) is 5.75 Å². The molecule has 2 aromatic carbocycles. The normalized spacial score (nSPS) is 11.6. The van der Waals surface area contributed by atoms with E-state index in [2.05, 4.69) is 15.1 Å². The van der Waals surface area contributed by atoms with Crippen molar-refractivity contribution in [3.63, 3.8) is 0 Å². The highest BCUT2D eigenvalue weighted by molar-refractivity contribution is 7.16. The predicted octanol–water partition coefficient (Wildman–Crippen LogP) is 4.02. The number of phenolic OH excluding ortho intramolecular Hbond substituents is 1. The van der Waals surface area contributed by atoms with E-state index in [0.717, 1.165) is 38.0 Å². The summed E-state index contributed by atoms with van der Waals surface area (Å²) < 4.78 is 1.83. The molecule has 0 fully saturated rings. The molecule has 0 atom stereocenters. The number of aromatic hydroxyl groups is 1. The van der Waals surface area contributed by atoms with Crippen LogP contribution in [0.25, 0.3) is 38.8 Å². The van der Waals surface area contributed by atoms with Crippen molar-refractivity contribution in [1.29, 1.82) is 0 Å². The topological polar surface area (TPSA) is 79.1 Å². The summed E-state index contributed by atoms with van der Waals surface area (Å²) in [6.07, 6.45) is 0. The Kier molecular flexibility index (Phi) is 2.92. The molecule has 2 N–H and O–H groups in total. The Bertz CT molecular complexity index is 1220. The standard InChI is InChI=1S/C18H13N5OS/c1-10-22-23-16(17-19-13-8-7-12(24)9-14(13)20-17)15(21-18(23)25-10)11-5-3-2-4-6-11/h2-9,24H,1H3,(H,19,20). The van der Waals surface area contributed by atoms with Gasteiger partial charge in [-0.15, -0.1) is 0 Å². The largest absolute Gasteiger partial charge is 0.508 e. The molecule has 0 amide bonds. The number of aryl methyl sites for hydroxylation is 1. The van der Waals surface area contributed by atoms with Crippen LogP contribution in [0.15, 0.2) is 48.5 Å². The van der Waals surface area contributed by atoms with E-state index in [4.69, 9.17) is 4.98 Å². The second-order valence-electron chi connectivity index (χ2n) is 5.78. The quantitative estimate of drug-likeness (QED) is 0.505. The van der Waals surface area contributed by atoms with Gasteiger partial charge in [-0.1, -0.05) is 41.7 Å². The maximum Gasteiger partial charge on any atom is 0.213 e. The Labute approximate surface area is 146 Å². The minimum absolute atomic E-state index is 0.203. The second-order valence-corrected chi connectivity index (χ2v) is 6.94. The molecule has 0 saturated heterocycles. The third kappa shape index (κ3) is 2.20. The summed E-state index contributed by atoms with van der Waals surface area (Å²) in [5.41, 5.74) is 4.23. The van der Waals surface area contributed by atoms with Crippen molar-refractivity contribution in [1.82, 2.24) is 24.6 Å². The van der Waals surface area contributed by atoms with Gasteiger partial charge in [0.15, 0.2) is 5.82 Å². The van der Waals surface area contributed by atoms with Gasteiger partial charge in [0.1, 0.15) is 22.1 Å². The number of rotatable bonds is 2. The summed E-state index contributed by atoms with van der Waals surface area (Å²) in [4.78, 5) is 13.6. The van der Waals surface area contributed by atoms with Gasteiger partial charge in [0, 0.05) is 11.6 Å². The lowest BCUT2D eigenvalue weighted by Gasteiger charge is -2.01. The van der Waals surface area contributed by atoms with Gasteiger partial charge in [0.05, 0.1) is 11.0 Å². The number of H-pyrrole nitrogens is 1. The number of hydrogen-bond acceptors (Lipinski definition) is 5. The Hall–Kier alpha value is -3.19. The van der Waals surface area contributed by atoms with Crippen molar-refractivity contribution in [3.05, 3.63) is 53.5 Å². The van der Waals surface area contributed by atoms with Crippen molar-refractivity contribution in [2.75, 3.05) is 0 Å². The fourth-order valence-corrected chi connectivity index (χ4v) is 3.71. The molecular formula is C18H13N5OS. The smallest absolute Gasteiger partial charge is 0.213 e. The van der Waals surface area contributed by atoms with E-state index in [1.807, 2.05) is 41.8 Å². The van der Waals surface area contributed by atoms with Gasteiger partial charge < -0.3 is 10.1 Å². The molecule has 7 heteroatoms. The number of hydrogen-bond donors (Lipinski definition) is 2. The van der Waals surface area contributed by atoms with Crippen LogP contribution < -0.4 is 0 Å². The van der Waals surface area contributed by atoms with Crippen LogP contribution in [0.5, 0.6) is 5.75 Å². The summed E-state index contributed by atoms with van der Waals surface area (Å²) in [7, 11) is 0. The van der Waals surface area contributed by atoms with Crippen molar-refractivity contribution >= 4 is 27.3 Å². The molecule has 0 aliphatic rings. The second kappa shape index (κ2) is 5.15. The molecule has 0 saturated carbocycles. The molecule has 122 valence electrons. The van der Waals surface area contributed by atoms with E-state index in [1.165, 1.54) is 0 Å². The van der Waals surface area contributed by atoms with E-state index in [1.54, 1.807) is 29.5 Å². The summed E-state index contributed by atoms with van der Waals surface area (Å²) >= 11 is 1.54. The average Bonchev–Trinajstić information content (AvgIpc) is 3.26. The van der Waals surface area contributed by atoms with Crippen molar-refractivity contribution in [2.24, 2.45) is 0 Å². The van der Waals surface area contributed by atoms with E-state index < -0.39 is 0 Å². The molecule has 3 heterocycles. The number of aromatic amines is 1. The molecule has 0 spiro atoms. The van der Waals surface area contributed by atoms with Crippen LogP contribution in [0.4, 0.5) is 0 Å². The minimum Gasteiger partial charge on any atom is -0.508 e. The van der Waals surface area contributed by atoms with Crippen LogP contribution in [0.3, 0.4) is 0 Å². The van der Waals surface area contributed by atoms with Crippen LogP contribution in [-0.2, 0) is 0 Å². The fraction of sp³-hybridized carbons (Fsp3) is 0.0556. The first kappa shape index (κ1) is 14.2. The van der Waals surface area contributed by atoms with Gasteiger partial charge in [0.2, 0.25) is 4.96 Å². The number of phenols is 1. The zero-order valence-electron chi connectivity index (χ0n) is 13.3. The Morgan fingerprint density at radius 2 is 1.92 bits per heavy atom. The summed E-state index contributed by atoms with van der Waals surface area (Å²) in [6, 6.07) is 15.1. The zero-order valence-corrected chi connectivity index (χ0v) is 14.1. The van der Waals surface area contributed by atoms with Crippen LogP contribution in [-0.4, -0.2) is 29.7 Å². The SMILES string of the molecule is Cc1nn2c(-c3nc4ccc(O)cc4[nH]3)c(-c3ccccc3)nc2s1. The molecule has 0 unspecified atom stereocenters. The third-order valence-electron chi connectivity index (χ3n) is 4.04. The summed E-state index contributed by atoms with van der Waals surface area (Å²) in [5, 5.41) is 15.2. The number of imidazole rings is 2. The van der Waals surface area contributed by atoms with Gasteiger partial charge in [0.25, 0.3) is 0 Å². The molecule has 0 aliphatic heterocycles.